The van der Waals surface area contributed by atoms with Crippen molar-refractivity contribution in [1.82, 2.24) is 14.5 Å². The minimum atomic E-state index is -0.0696. The smallest absolute Gasteiger partial charge is 0.276 e. The average Bonchev–Trinajstić information content (AvgIpc) is 3.17. The molecule has 28 heavy (non-hydrogen) atoms. The standard InChI is InChI=1S/C21H23N3O2S2/c1-14-6-7-17(15(2)12-14)24-20(26)19-16(8-11-27-19)22-21(24)28-13-18(25)23-9-4-3-5-10-23/h6-8,11-12H,3-5,9-10,13H2,1-2H3. The highest BCUT2D eigenvalue weighted by atomic mass is 32.2. The fraction of sp³-hybridized carbons (Fsp3) is 0.381. The summed E-state index contributed by atoms with van der Waals surface area (Å²) >= 11 is 2.76. The van der Waals surface area contributed by atoms with Crippen LogP contribution in [-0.2, 0) is 4.79 Å². The van der Waals surface area contributed by atoms with Crippen LogP contribution in [0.15, 0.2) is 39.6 Å². The Balaban J connectivity index is 1.72. The molecule has 0 saturated carbocycles. The van der Waals surface area contributed by atoms with Crippen LogP contribution in [0.25, 0.3) is 15.9 Å². The molecule has 1 aliphatic heterocycles. The summed E-state index contributed by atoms with van der Waals surface area (Å²) in [4.78, 5) is 32.5. The normalized spacial score (nSPS) is 14.6. The largest absolute Gasteiger partial charge is 0.342 e. The van der Waals surface area contributed by atoms with Crippen LogP contribution in [0.2, 0.25) is 0 Å². The molecule has 1 aromatic carbocycles. The Bertz CT molecular complexity index is 1080. The van der Waals surface area contributed by atoms with Crippen molar-refractivity contribution in [1.29, 1.82) is 0 Å². The van der Waals surface area contributed by atoms with Crippen LogP contribution >= 0.6 is 23.1 Å². The van der Waals surface area contributed by atoms with Gasteiger partial charge in [0.15, 0.2) is 5.16 Å². The topological polar surface area (TPSA) is 55.2 Å². The molecule has 1 saturated heterocycles. The van der Waals surface area contributed by atoms with Gasteiger partial charge in [-0.2, -0.15) is 0 Å². The zero-order valence-electron chi connectivity index (χ0n) is 16.1. The van der Waals surface area contributed by atoms with E-state index in [4.69, 9.17) is 4.98 Å². The van der Waals surface area contributed by atoms with Gasteiger partial charge in [-0.1, -0.05) is 29.5 Å². The predicted octanol–water partition coefficient (Wildman–Crippen LogP) is 4.17. The molecule has 2 aromatic heterocycles. The fourth-order valence-corrected chi connectivity index (χ4v) is 5.29. The molecule has 3 aromatic rings. The van der Waals surface area contributed by atoms with E-state index in [0.717, 1.165) is 42.7 Å². The van der Waals surface area contributed by atoms with Gasteiger partial charge in [-0.3, -0.25) is 14.2 Å². The Kier molecular flexibility index (Phi) is 5.55. The zero-order valence-corrected chi connectivity index (χ0v) is 17.7. The predicted molar refractivity (Wildman–Crippen MR) is 116 cm³/mol. The number of aryl methyl sites for hydroxylation is 2. The number of rotatable bonds is 4. The number of likely N-dealkylation sites (tertiary alicyclic amines) is 1. The molecule has 7 heteroatoms. The Morgan fingerprint density at radius 3 is 2.71 bits per heavy atom. The van der Waals surface area contributed by atoms with E-state index in [-0.39, 0.29) is 11.5 Å². The second-order valence-corrected chi connectivity index (χ2v) is 9.05. The lowest BCUT2D eigenvalue weighted by atomic mass is 10.1. The number of thioether (sulfide) groups is 1. The maximum Gasteiger partial charge on any atom is 0.276 e. The average molecular weight is 414 g/mol. The molecule has 0 spiro atoms. The Morgan fingerprint density at radius 1 is 1.18 bits per heavy atom. The van der Waals surface area contributed by atoms with Gasteiger partial charge in [0.25, 0.3) is 5.56 Å². The van der Waals surface area contributed by atoms with E-state index in [2.05, 4.69) is 6.07 Å². The second-order valence-electron chi connectivity index (χ2n) is 7.19. The lowest BCUT2D eigenvalue weighted by Crippen LogP contribution is -2.36. The Labute approximate surface area is 172 Å². The van der Waals surface area contributed by atoms with Gasteiger partial charge in [0.1, 0.15) is 4.70 Å². The van der Waals surface area contributed by atoms with Gasteiger partial charge in [-0.25, -0.2) is 4.98 Å². The van der Waals surface area contributed by atoms with Crippen molar-refractivity contribution in [2.24, 2.45) is 0 Å². The summed E-state index contributed by atoms with van der Waals surface area (Å²) in [6.07, 6.45) is 3.34. The SMILES string of the molecule is Cc1ccc(-n2c(SCC(=O)N3CCCCC3)nc3ccsc3c2=O)c(C)c1. The first-order valence-corrected chi connectivity index (χ1v) is 11.4. The molecule has 0 aliphatic carbocycles. The minimum Gasteiger partial charge on any atom is -0.342 e. The first kappa shape index (κ1) is 19.2. The van der Waals surface area contributed by atoms with Crippen LogP contribution in [0.3, 0.4) is 0 Å². The van der Waals surface area contributed by atoms with Crippen molar-refractivity contribution in [3.63, 3.8) is 0 Å². The van der Waals surface area contributed by atoms with Crippen LogP contribution in [0.4, 0.5) is 0 Å². The summed E-state index contributed by atoms with van der Waals surface area (Å²) in [5, 5.41) is 2.46. The first-order valence-electron chi connectivity index (χ1n) is 9.53. The molecule has 5 nitrogen and oxygen atoms in total. The molecule has 3 heterocycles. The van der Waals surface area contributed by atoms with Crippen LogP contribution in [0.5, 0.6) is 0 Å². The number of nitrogens with zero attached hydrogens (tertiary/aromatic N) is 3. The van der Waals surface area contributed by atoms with E-state index in [1.807, 2.05) is 42.3 Å². The van der Waals surface area contributed by atoms with E-state index in [9.17, 15) is 9.59 Å². The molecular weight excluding hydrogens is 390 g/mol. The van der Waals surface area contributed by atoms with Crippen molar-refractivity contribution in [3.8, 4) is 5.69 Å². The second kappa shape index (κ2) is 8.09. The number of benzene rings is 1. The number of carbonyl (C=O) groups excluding carboxylic acids is 1. The van der Waals surface area contributed by atoms with E-state index in [1.54, 1.807) is 4.57 Å². The molecule has 1 amide bonds. The summed E-state index contributed by atoms with van der Waals surface area (Å²) < 4.78 is 2.31. The van der Waals surface area contributed by atoms with Crippen molar-refractivity contribution >= 4 is 39.2 Å². The lowest BCUT2D eigenvalue weighted by molar-refractivity contribution is -0.129. The summed E-state index contributed by atoms with van der Waals surface area (Å²) in [6.45, 7) is 5.70. The van der Waals surface area contributed by atoms with Gasteiger partial charge in [-0.05, 0) is 56.2 Å². The molecule has 4 rings (SSSR count). The van der Waals surface area contributed by atoms with Gasteiger partial charge in [0.05, 0.1) is 17.0 Å². The van der Waals surface area contributed by atoms with E-state index in [0.29, 0.717) is 21.1 Å². The van der Waals surface area contributed by atoms with Gasteiger partial charge in [0.2, 0.25) is 5.91 Å². The van der Waals surface area contributed by atoms with E-state index >= 15 is 0 Å². The Morgan fingerprint density at radius 2 is 1.96 bits per heavy atom. The lowest BCUT2D eigenvalue weighted by Gasteiger charge is -2.26. The number of carbonyl (C=O) groups is 1. The molecule has 1 aliphatic rings. The molecule has 1 fully saturated rings. The summed E-state index contributed by atoms with van der Waals surface area (Å²) in [6, 6.07) is 7.89. The highest BCUT2D eigenvalue weighted by Gasteiger charge is 2.20. The summed E-state index contributed by atoms with van der Waals surface area (Å²) in [7, 11) is 0. The van der Waals surface area contributed by atoms with Crippen LogP contribution in [-0.4, -0.2) is 39.2 Å². The summed E-state index contributed by atoms with van der Waals surface area (Å²) in [5.74, 6) is 0.420. The third-order valence-electron chi connectivity index (χ3n) is 5.08. The molecular formula is C21H23N3O2S2. The highest BCUT2D eigenvalue weighted by molar-refractivity contribution is 7.99. The maximum atomic E-state index is 13.2. The highest BCUT2D eigenvalue weighted by Crippen LogP contribution is 2.26. The number of thiophene rings is 1. The number of amides is 1. The molecule has 0 unspecified atom stereocenters. The third-order valence-corrected chi connectivity index (χ3v) is 6.89. The zero-order chi connectivity index (χ0) is 19.7. The Hall–Kier alpha value is -2.12. The molecule has 0 atom stereocenters. The minimum absolute atomic E-state index is 0.0696. The van der Waals surface area contributed by atoms with Crippen molar-refractivity contribution in [2.45, 2.75) is 38.3 Å². The van der Waals surface area contributed by atoms with Crippen molar-refractivity contribution in [3.05, 3.63) is 51.1 Å². The first-order chi connectivity index (χ1) is 13.5. The fourth-order valence-electron chi connectivity index (χ4n) is 3.62. The number of piperidine rings is 1. The van der Waals surface area contributed by atoms with Gasteiger partial charge < -0.3 is 4.90 Å². The van der Waals surface area contributed by atoms with Gasteiger partial charge >= 0.3 is 0 Å². The van der Waals surface area contributed by atoms with Crippen molar-refractivity contribution < 1.29 is 4.79 Å². The number of aromatic nitrogens is 2. The third kappa shape index (κ3) is 3.73. The quantitative estimate of drug-likeness (QED) is 0.476. The van der Waals surface area contributed by atoms with E-state index in [1.165, 1.54) is 29.5 Å². The number of hydrogen-bond donors (Lipinski definition) is 0. The van der Waals surface area contributed by atoms with Crippen molar-refractivity contribution in [2.75, 3.05) is 18.8 Å². The van der Waals surface area contributed by atoms with Crippen LogP contribution in [0.1, 0.15) is 30.4 Å². The molecule has 0 N–H and O–H groups in total. The molecule has 146 valence electrons. The monoisotopic (exact) mass is 413 g/mol. The molecule has 0 radical (unpaired) electrons. The summed E-state index contributed by atoms with van der Waals surface area (Å²) in [5.41, 5.74) is 3.62. The molecule has 0 bridgehead atoms. The number of hydrogen-bond acceptors (Lipinski definition) is 5. The van der Waals surface area contributed by atoms with Crippen LogP contribution in [0, 0.1) is 13.8 Å². The van der Waals surface area contributed by atoms with E-state index < -0.39 is 0 Å². The number of fused-ring (bicyclic) bond motifs is 1. The van der Waals surface area contributed by atoms with Gasteiger partial charge in [-0.15, -0.1) is 11.3 Å². The van der Waals surface area contributed by atoms with Crippen LogP contribution < -0.4 is 5.56 Å². The maximum absolute atomic E-state index is 13.2. The van der Waals surface area contributed by atoms with Gasteiger partial charge in [0, 0.05) is 13.1 Å².